The lowest BCUT2D eigenvalue weighted by Gasteiger charge is -2.03. The summed E-state index contributed by atoms with van der Waals surface area (Å²) in [6, 6.07) is 9.50. The quantitative estimate of drug-likeness (QED) is 0.593. The fourth-order valence-electron chi connectivity index (χ4n) is 2.72. The third-order valence-corrected chi connectivity index (χ3v) is 3.75. The standard InChI is InChI=1S/C16H14N4O2/c1-9-2-5-14-19-15(12(7-17)20(14)8-9)10-3-4-11-13(6-10)22-16(21)18-11/h2-6,8H,7,17H2,1H3,(H,18,21). The SMILES string of the molecule is Cc1ccc2nc(-c3ccc4[nH]c(=O)oc4c3)c(CN)n2c1. The van der Waals surface area contributed by atoms with Crippen molar-refractivity contribution < 1.29 is 4.42 Å². The van der Waals surface area contributed by atoms with Gasteiger partial charge in [0.05, 0.1) is 16.9 Å². The predicted molar refractivity (Wildman–Crippen MR) is 83.6 cm³/mol. The monoisotopic (exact) mass is 294 g/mol. The van der Waals surface area contributed by atoms with Crippen molar-refractivity contribution in [3.63, 3.8) is 0 Å². The van der Waals surface area contributed by atoms with E-state index >= 15 is 0 Å². The number of nitrogens with two attached hydrogens (primary N) is 1. The van der Waals surface area contributed by atoms with E-state index < -0.39 is 5.76 Å². The van der Waals surface area contributed by atoms with E-state index in [2.05, 4.69) is 9.97 Å². The van der Waals surface area contributed by atoms with E-state index in [0.717, 1.165) is 28.2 Å². The maximum absolute atomic E-state index is 11.3. The number of nitrogens with zero attached hydrogens (tertiary/aromatic N) is 2. The first-order valence-electron chi connectivity index (χ1n) is 6.96. The van der Waals surface area contributed by atoms with Gasteiger partial charge >= 0.3 is 5.76 Å². The van der Waals surface area contributed by atoms with Crippen molar-refractivity contribution >= 4 is 16.7 Å². The van der Waals surface area contributed by atoms with Gasteiger partial charge in [0.2, 0.25) is 0 Å². The van der Waals surface area contributed by atoms with Crippen molar-refractivity contribution in [3.05, 3.63) is 58.3 Å². The predicted octanol–water partition coefficient (Wildman–Crippen LogP) is 2.20. The number of aromatic amines is 1. The van der Waals surface area contributed by atoms with Gasteiger partial charge in [-0.2, -0.15) is 0 Å². The molecule has 0 aliphatic heterocycles. The molecule has 0 unspecified atom stereocenters. The summed E-state index contributed by atoms with van der Waals surface area (Å²) in [5.74, 6) is -0.461. The summed E-state index contributed by atoms with van der Waals surface area (Å²) < 4.78 is 7.12. The minimum atomic E-state index is -0.461. The highest BCUT2D eigenvalue weighted by atomic mass is 16.4. The van der Waals surface area contributed by atoms with Crippen LogP contribution in [0.5, 0.6) is 0 Å². The normalized spacial score (nSPS) is 11.5. The van der Waals surface area contributed by atoms with E-state index in [9.17, 15) is 4.79 Å². The van der Waals surface area contributed by atoms with Gasteiger partial charge in [-0.3, -0.25) is 4.98 Å². The second-order valence-corrected chi connectivity index (χ2v) is 5.27. The van der Waals surface area contributed by atoms with Gasteiger partial charge in [-0.25, -0.2) is 9.78 Å². The van der Waals surface area contributed by atoms with Gasteiger partial charge in [0.25, 0.3) is 0 Å². The number of oxazole rings is 1. The van der Waals surface area contributed by atoms with E-state index in [1.165, 1.54) is 0 Å². The minimum Gasteiger partial charge on any atom is -0.408 e. The fourth-order valence-corrected chi connectivity index (χ4v) is 2.72. The number of benzene rings is 1. The van der Waals surface area contributed by atoms with Crippen LogP contribution in [0.25, 0.3) is 28.0 Å². The number of imidazole rings is 1. The third-order valence-electron chi connectivity index (χ3n) is 3.75. The molecule has 0 bridgehead atoms. The van der Waals surface area contributed by atoms with Crippen LogP contribution in [0.3, 0.4) is 0 Å². The van der Waals surface area contributed by atoms with Gasteiger partial charge in [-0.1, -0.05) is 12.1 Å². The van der Waals surface area contributed by atoms with Gasteiger partial charge < -0.3 is 14.6 Å². The maximum atomic E-state index is 11.3. The van der Waals surface area contributed by atoms with Gasteiger partial charge in [-0.05, 0) is 30.7 Å². The van der Waals surface area contributed by atoms with Crippen LogP contribution in [0.15, 0.2) is 45.7 Å². The molecular formula is C16H14N4O2. The Kier molecular flexibility index (Phi) is 2.67. The van der Waals surface area contributed by atoms with Crippen LogP contribution in [0.4, 0.5) is 0 Å². The lowest BCUT2D eigenvalue weighted by molar-refractivity contribution is 0.555. The summed E-state index contributed by atoms with van der Waals surface area (Å²) in [6.45, 7) is 2.40. The van der Waals surface area contributed by atoms with Gasteiger partial charge in [0.15, 0.2) is 5.58 Å². The zero-order valence-corrected chi connectivity index (χ0v) is 12.0. The molecule has 6 heteroatoms. The second kappa shape index (κ2) is 4.57. The first-order chi connectivity index (χ1) is 10.7. The Morgan fingerprint density at radius 3 is 3.00 bits per heavy atom. The number of rotatable bonds is 2. The molecule has 3 N–H and O–H groups in total. The number of nitrogens with one attached hydrogen (secondary N) is 1. The molecule has 0 atom stereocenters. The molecule has 0 aliphatic rings. The number of H-pyrrole nitrogens is 1. The minimum absolute atomic E-state index is 0.370. The number of pyridine rings is 1. The highest BCUT2D eigenvalue weighted by Crippen LogP contribution is 2.27. The van der Waals surface area contributed by atoms with Crippen LogP contribution in [0.1, 0.15) is 11.3 Å². The zero-order valence-electron chi connectivity index (χ0n) is 12.0. The van der Waals surface area contributed by atoms with E-state index in [4.69, 9.17) is 10.2 Å². The number of hydrogen-bond acceptors (Lipinski definition) is 4. The van der Waals surface area contributed by atoms with Gasteiger partial charge in [0, 0.05) is 18.3 Å². The highest BCUT2D eigenvalue weighted by Gasteiger charge is 2.14. The number of aryl methyl sites for hydroxylation is 1. The number of aromatic nitrogens is 3. The Morgan fingerprint density at radius 1 is 1.32 bits per heavy atom. The largest absolute Gasteiger partial charge is 0.417 e. The van der Waals surface area contributed by atoms with Crippen molar-refractivity contribution in [1.82, 2.24) is 14.4 Å². The second-order valence-electron chi connectivity index (χ2n) is 5.27. The van der Waals surface area contributed by atoms with E-state index in [1.807, 2.05) is 41.8 Å². The average molecular weight is 294 g/mol. The highest BCUT2D eigenvalue weighted by molar-refractivity contribution is 5.80. The summed E-state index contributed by atoms with van der Waals surface area (Å²) >= 11 is 0. The van der Waals surface area contributed by atoms with Crippen LogP contribution in [0, 0.1) is 6.92 Å². The lowest BCUT2D eigenvalue weighted by atomic mass is 10.1. The smallest absolute Gasteiger partial charge is 0.408 e. The van der Waals surface area contributed by atoms with Crippen LogP contribution >= 0.6 is 0 Å². The Balaban J connectivity index is 2.00. The molecule has 110 valence electrons. The van der Waals surface area contributed by atoms with Crippen LogP contribution in [-0.2, 0) is 6.54 Å². The molecule has 3 aromatic heterocycles. The number of hydrogen-bond donors (Lipinski definition) is 2. The lowest BCUT2D eigenvalue weighted by Crippen LogP contribution is -2.02. The fraction of sp³-hybridized carbons (Fsp3) is 0.125. The third kappa shape index (κ3) is 1.85. The van der Waals surface area contributed by atoms with E-state index in [0.29, 0.717) is 17.6 Å². The average Bonchev–Trinajstić information content (AvgIpc) is 3.04. The van der Waals surface area contributed by atoms with Crippen molar-refractivity contribution in [3.8, 4) is 11.3 Å². The zero-order chi connectivity index (χ0) is 15.3. The number of fused-ring (bicyclic) bond motifs is 2. The van der Waals surface area contributed by atoms with Crippen molar-refractivity contribution in [1.29, 1.82) is 0 Å². The molecule has 4 rings (SSSR count). The Morgan fingerprint density at radius 2 is 2.18 bits per heavy atom. The molecule has 22 heavy (non-hydrogen) atoms. The molecule has 0 fully saturated rings. The molecule has 4 aromatic rings. The molecule has 0 spiro atoms. The summed E-state index contributed by atoms with van der Waals surface area (Å²) in [5.41, 5.74) is 11.7. The Bertz CT molecular complexity index is 1060. The van der Waals surface area contributed by atoms with Gasteiger partial charge in [-0.15, -0.1) is 0 Å². The molecule has 3 heterocycles. The molecule has 0 saturated carbocycles. The van der Waals surface area contributed by atoms with Crippen molar-refractivity contribution in [2.45, 2.75) is 13.5 Å². The van der Waals surface area contributed by atoms with Crippen LogP contribution < -0.4 is 11.5 Å². The molecule has 0 radical (unpaired) electrons. The summed E-state index contributed by atoms with van der Waals surface area (Å²) in [4.78, 5) is 18.6. The molecule has 6 nitrogen and oxygen atoms in total. The molecule has 0 aliphatic carbocycles. The molecular weight excluding hydrogens is 280 g/mol. The first kappa shape index (κ1) is 12.8. The van der Waals surface area contributed by atoms with E-state index in [-0.39, 0.29) is 0 Å². The van der Waals surface area contributed by atoms with Crippen molar-refractivity contribution in [2.24, 2.45) is 5.73 Å². The Hall–Kier alpha value is -2.86. The summed E-state index contributed by atoms with van der Waals surface area (Å²) in [6.07, 6.45) is 2.02. The van der Waals surface area contributed by atoms with E-state index in [1.54, 1.807) is 6.07 Å². The van der Waals surface area contributed by atoms with Crippen LogP contribution in [-0.4, -0.2) is 14.4 Å². The maximum Gasteiger partial charge on any atom is 0.417 e. The summed E-state index contributed by atoms with van der Waals surface area (Å²) in [5, 5.41) is 0. The first-order valence-corrected chi connectivity index (χ1v) is 6.96. The Labute approximate surface area is 125 Å². The molecule has 0 amide bonds. The topological polar surface area (TPSA) is 89.3 Å². The van der Waals surface area contributed by atoms with Crippen LogP contribution in [0.2, 0.25) is 0 Å². The molecule has 0 saturated heterocycles. The van der Waals surface area contributed by atoms with Crippen molar-refractivity contribution in [2.75, 3.05) is 0 Å². The molecule has 1 aromatic carbocycles. The van der Waals surface area contributed by atoms with Gasteiger partial charge in [0.1, 0.15) is 5.65 Å². The summed E-state index contributed by atoms with van der Waals surface area (Å²) in [7, 11) is 0.